The Hall–Kier alpha value is -1.67. The highest BCUT2D eigenvalue weighted by molar-refractivity contribution is 5.69. The molecule has 7 nitrogen and oxygen atoms in total. The average molecular weight is 335 g/mol. The van der Waals surface area contributed by atoms with Crippen LogP contribution < -0.4 is 0 Å². The molecule has 24 heavy (non-hydrogen) atoms. The van der Waals surface area contributed by atoms with Gasteiger partial charge in [-0.05, 0) is 19.4 Å². The summed E-state index contributed by atoms with van der Waals surface area (Å²) in [6, 6.07) is 9.05. The smallest absolute Gasteiger partial charge is 0.410 e. The zero-order valence-corrected chi connectivity index (χ0v) is 13.6. The molecule has 3 saturated heterocycles. The molecule has 1 aromatic rings. The van der Waals surface area contributed by atoms with Crippen LogP contribution in [0, 0.1) is 0 Å². The van der Waals surface area contributed by atoms with E-state index in [1.165, 1.54) is 4.90 Å². The lowest BCUT2D eigenvalue weighted by atomic mass is 10.1. The van der Waals surface area contributed by atoms with Gasteiger partial charge in [0.2, 0.25) is 0 Å². The van der Waals surface area contributed by atoms with E-state index in [4.69, 9.17) is 18.9 Å². The van der Waals surface area contributed by atoms with E-state index in [9.17, 15) is 9.90 Å². The van der Waals surface area contributed by atoms with Gasteiger partial charge in [0, 0.05) is 0 Å². The number of hydrogen-bond acceptors (Lipinski definition) is 6. The van der Waals surface area contributed by atoms with E-state index in [2.05, 4.69) is 0 Å². The molecular weight excluding hydrogens is 314 g/mol. The Balaban J connectivity index is 1.46. The number of nitrogens with zero attached hydrogens (tertiary/aromatic N) is 1. The van der Waals surface area contributed by atoms with Gasteiger partial charge in [0.15, 0.2) is 12.1 Å². The zero-order chi connectivity index (χ0) is 16.9. The molecule has 7 heteroatoms. The lowest BCUT2D eigenvalue weighted by Gasteiger charge is -2.27. The summed E-state index contributed by atoms with van der Waals surface area (Å²) in [5.74, 6) is -0.770. The van der Waals surface area contributed by atoms with Crippen molar-refractivity contribution in [3.05, 3.63) is 35.9 Å². The zero-order valence-electron chi connectivity index (χ0n) is 13.6. The normalized spacial score (nSPS) is 36.5. The molecule has 3 heterocycles. The molecule has 0 radical (unpaired) electrons. The molecular formula is C17H21NO6. The molecule has 1 amide bonds. The van der Waals surface area contributed by atoms with E-state index in [0.717, 1.165) is 5.56 Å². The number of carbonyl (C=O) groups is 1. The van der Waals surface area contributed by atoms with Gasteiger partial charge in [0.1, 0.15) is 24.9 Å². The molecule has 130 valence electrons. The van der Waals surface area contributed by atoms with Gasteiger partial charge in [-0.15, -0.1) is 0 Å². The van der Waals surface area contributed by atoms with Crippen LogP contribution in [-0.4, -0.2) is 59.1 Å². The Kier molecular flexibility index (Phi) is 3.76. The molecule has 0 saturated carbocycles. The van der Waals surface area contributed by atoms with Crippen molar-refractivity contribution in [2.75, 3.05) is 6.54 Å². The number of β-amino-alcohol motifs (C(OH)–C–C–N with tert-alkyl or cyclic N) is 1. The maximum absolute atomic E-state index is 12.5. The summed E-state index contributed by atoms with van der Waals surface area (Å²) in [5, 5.41) is 10.2. The SMILES string of the molecule is CC1(C)O[C@@H]2O[C@@H]3[C@H]([C@@H]2O1)N(C(=O)OCc1ccccc1)C[C@H]3O. The first-order valence-corrected chi connectivity index (χ1v) is 8.11. The minimum Gasteiger partial charge on any atom is -0.445 e. The predicted molar refractivity (Wildman–Crippen MR) is 81.8 cm³/mol. The van der Waals surface area contributed by atoms with Crippen LogP contribution in [0.5, 0.6) is 0 Å². The molecule has 0 aliphatic carbocycles. The number of benzene rings is 1. The Morgan fingerprint density at radius 2 is 2.04 bits per heavy atom. The number of rotatable bonds is 2. The quantitative estimate of drug-likeness (QED) is 0.876. The predicted octanol–water partition coefficient (Wildman–Crippen LogP) is 1.24. The second-order valence-corrected chi connectivity index (χ2v) is 6.82. The second kappa shape index (κ2) is 5.70. The van der Waals surface area contributed by atoms with E-state index in [1.807, 2.05) is 30.3 Å². The van der Waals surface area contributed by atoms with Crippen LogP contribution in [0.4, 0.5) is 4.79 Å². The Morgan fingerprint density at radius 3 is 2.79 bits per heavy atom. The van der Waals surface area contributed by atoms with Crippen molar-refractivity contribution in [1.29, 1.82) is 0 Å². The summed E-state index contributed by atoms with van der Waals surface area (Å²) in [7, 11) is 0. The third-order valence-corrected chi connectivity index (χ3v) is 4.62. The van der Waals surface area contributed by atoms with E-state index < -0.39 is 42.5 Å². The number of ether oxygens (including phenoxy) is 4. The molecule has 1 N–H and O–H groups in total. The molecule has 4 rings (SSSR count). The minimum absolute atomic E-state index is 0.163. The monoisotopic (exact) mass is 335 g/mol. The van der Waals surface area contributed by atoms with Gasteiger partial charge in [-0.25, -0.2) is 4.79 Å². The lowest BCUT2D eigenvalue weighted by Crippen LogP contribution is -2.46. The maximum atomic E-state index is 12.5. The molecule has 5 atom stereocenters. The van der Waals surface area contributed by atoms with Crippen LogP contribution in [0.3, 0.4) is 0 Å². The van der Waals surface area contributed by atoms with Crippen molar-refractivity contribution < 1.29 is 28.8 Å². The van der Waals surface area contributed by atoms with Crippen LogP contribution in [0.15, 0.2) is 30.3 Å². The highest BCUT2D eigenvalue weighted by atomic mass is 16.8. The second-order valence-electron chi connectivity index (χ2n) is 6.82. The summed E-state index contributed by atoms with van der Waals surface area (Å²) >= 11 is 0. The van der Waals surface area contributed by atoms with Crippen molar-refractivity contribution in [2.24, 2.45) is 0 Å². The lowest BCUT2D eigenvalue weighted by molar-refractivity contribution is -0.212. The van der Waals surface area contributed by atoms with Crippen LogP contribution in [-0.2, 0) is 25.6 Å². The van der Waals surface area contributed by atoms with Gasteiger partial charge in [-0.3, -0.25) is 4.90 Å². The van der Waals surface area contributed by atoms with Gasteiger partial charge >= 0.3 is 6.09 Å². The summed E-state index contributed by atoms with van der Waals surface area (Å²) < 4.78 is 22.7. The van der Waals surface area contributed by atoms with Gasteiger partial charge in [0.05, 0.1) is 12.6 Å². The van der Waals surface area contributed by atoms with Gasteiger partial charge < -0.3 is 24.1 Å². The van der Waals surface area contributed by atoms with Crippen LogP contribution in [0.2, 0.25) is 0 Å². The highest BCUT2D eigenvalue weighted by Crippen LogP contribution is 2.43. The first kappa shape index (κ1) is 15.8. The van der Waals surface area contributed by atoms with E-state index in [1.54, 1.807) is 13.8 Å². The molecule has 0 aromatic heterocycles. The molecule has 0 spiro atoms. The molecule has 1 aromatic carbocycles. The summed E-state index contributed by atoms with van der Waals surface area (Å²) in [6.45, 7) is 3.94. The fraction of sp³-hybridized carbons (Fsp3) is 0.588. The minimum atomic E-state index is -0.778. The third-order valence-electron chi connectivity index (χ3n) is 4.62. The van der Waals surface area contributed by atoms with E-state index in [-0.39, 0.29) is 13.2 Å². The first-order valence-electron chi connectivity index (χ1n) is 8.11. The summed E-state index contributed by atoms with van der Waals surface area (Å²) in [4.78, 5) is 14.0. The fourth-order valence-corrected chi connectivity index (χ4v) is 3.61. The van der Waals surface area contributed by atoms with Gasteiger partial charge in [0.25, 0.3) is 0 Å². The number of amides is 1. The van der Waals surface area contributed by atoms with Crippen molar-refractivity contribution >= 4 is 6.09 Å². The summed E-state index contributed by atoms with van der Waals surface area (Å²) in [5.41, 5.74) is 0.907. The van der Waals surface area contributed by atoms with Crippen LogP contribution >= 0.6 is 0 Å². The van der Waals surface area contributed by atoms with E-state index >= 15 is 0 Å². The van der Waals surface area contributed by atoms with Crippen molar-refractivity contribution in [3.8, 4) is 0 Å². The number of aliphatic hydroxyl groups is 1. The van der Waals surface area contributed by atoms with Crippen molar-refractivity contribution in [2.45, 2.75) is 56.9 Å². The molecule has 3 fully saturated rings. The standard InChI is InChI=1S/C17H21NO6/c1-17(2)23-14-12-13(22-15(14)24-17)11(19)8-18(12)16(20)21-9-10-6-4-3-5-7-10/h3-7,11-15,19H,8-9H2,1-2H3/t11-,12-,13+,14+,15+/m1/s1. The fourth-order valence-electron chi connectivity index (χ4n) is 3.61. The van der Waals surface area contributed by atoms with E-state index in [0.29, 0.717) is 0 Å². The largest absolute Gasteiger partial charge is 0.445 e. The number of carbonyl (C=O) groups excluding carboxylic acids is 1. The maximum Gasteiger partial charge on any atom is 0.410 e. The molecule has 0 unspecified atom stereocenters. The number of hydrogen-bond donors (Lipinski definition) is 1. The Bertz CT molecular complexity index is 621. The topological polar surface area (TPSA) is 77.5 Å². The summed E-state index contributed by atoms with van der Waals surface area (Å²) in [6.07, 6.45) is -2.77. The Morgan fingerprint density at radius 1 is 1.29 bits per heavy atom. The number of aliphatic hydroxyl groups excluding tert-OH is 1. The first-order chi connectivity index (χ1) is 11.4. The molecule has 3 aliphatic rings. The molecule has 3 aliphatic heterocycles. The number of fused-ring (bicyclic) bond motifs is 3. The highest BCUT2D eigenvalue weighted by Gasteiger charge is 2.62. The number of likely N-dealkylation sites (tertiary alicyclic amines) is 1. The van der Waals surface area contributed by atoms with Crippen molar-refractivity contribution in [1.82, 2.24) is 4.90 Å². The van der Waals surface area contributed by atoms with Gasteiger partial charge in [-0.2, -0.15) is 0 Å². The van der Waals surface area contributed by atoms with Crippen molar-refractivity contribution in [3.63, 3.8) is 0 Å². The third kappa shape index (κ3) is 2.67. The van der Waals surface area contributed by atoms with Crippen LogP contribution in [0.25, 0.3) is 0 Å². The Labute approximate surface area is 140 Å². The van der Waals surface area contributed by atoms with Gasteiger partial charge in [-0.1, -0.05) is 30.3 Å². The van der Waals surface area contributed by atoms with Crippen LogP contribution in [0.1, 0.15) is 19.4 Å². The molecule has 0 bridgehead atoms. The average Bonchev–Trinajstić information content (AvgIpc) is 3.14.